The van der Waals surface area contributed by atoms with Gasteiger partial charge in [0.2, 0.25) is 0 Å². The van der Waals surface area contributed by atoms with Gasteiger partial charge in [-0.1, -0.05) is 24.3 Å². The van der Waals surface area contributed by atoms with Crippen molar-refractivity contribution in [2.24, 2.45) is 5.73 Å². The third-order valence-corrected chi connectivity index (χ3v) is 5.93. The largest absolute Gasteiger partial charge is 0.465 e. The Morgan fingerprint density at radius 1 is 0.921 bits per heavy atom. The highest BCUT2D eigenvalue weighted by Gasteiger charge is 2.16. The number of nitrogens with two attached hydrogens (primary N) is 1. The number of ether oxygens (including phenoxy) is 1. The molecule has 4 aromatic rings. The lowest BCUT2D eigenvalue weighted by atomic mass is 9.93. The highest BCUT2D eigenvalue weighted by atomic mass is 19.1. The maximum atomic E-state index is 14.3. The Kier molecular flexibility index (Phi) is 7.98. The van der Waals surface area contributed by atoms with Gasteiger partial charge in [0.25, 0.3) is 5.91 Å². The molecule has 192 valence electrons. The summed E-state index contributed by atoms with van der Waals surface area (Å²) in [6.45, 7) is 0.186. The fourth-order valence-corrected chi connectivity index (χ4v) is 3.92. The molecule has 0 saturated heterocycles. The zero-order valence-corrected chi connectivity index (χ0v) is 20.3. The summed E-state index contributed by atoms with van der Waals surface area (Å²) >= 11 is 0. The molecule has 1 amide bonds. The van der Waals surface area contributed by atoms with E-state index in [1.807, 2.05) is 0 Å². The third kappa shape index (κ3) is 5.79. The summed E-state index contributed by atoms with van der Waals surface area (Å²) in [6, 6.07) is 16.8. The molecule has 0 aliphatic rings. The van der Waals surface area contributed by atoms with Gasteiger partial charge in [0.1, 0.15) is 11.6 Å². The van der Waals surface area contributed by atoms with E-state index in [0.717, 1.165) is 24.9 Å². The van der Waals surface area contributed by atoms with Crippen LogP contribution in [0.5, 0.6) is 0 Å². The highest BCUT2D eigenvalue weighted by molar-refractivity contribution is 6.05. The maximum Gasteiger partial charge on any atom is 0.340 e. The molecule has 0 aliphatic carbocycles. The van der Waals surface area contributed by atoms with Crippen LogP contribution in [0.25, 0.3) is 11.1 Å². The van der Waals surface area contributed by atoms with Gasteiger partial charge in [-0.25, -0.2) is 13.6 Å². The van der Waals surface area contributed by atoms with Crippen LogP contribution < -0.4 is 11.1 Å². The molecule has 0 unspecified atom stereocenters. The number of hydrogen-bond donors (Lipinski definition) is 2. The van der Waals surface area contributed by atoms with Gasteiger partial charge in [-0.05, 0) is 64.7 Å². The number of ketones is 1. The maximum absolute atomic E-state index is 14.3. The smallest absolute Gasteiger partial charge is 0.340 e. The van der Waals surface area contributed by atoms with Crippen molar-refractivity contribution in [3.63, 3.8) is 0 Å². The summed E-state index contributed by atoms with van der Waals surface area (Å²) in [7, 11) is 1.15. The molecule has 0 bridgehead atoms. The second-order valence-electron chi connectivity index (χ2n) is 8.36. The Hall–Kier alpha value is -4.76. The van der Waals surface area contributed by atoms with Crippen molar-refractivity contribution < 1.29 is 27.9 Å². The third-order valence-electron chi connectivity index (χ3n) is 5.93. The van der Waals surface area contributed by atoms with Gasteiger partial charge < -0.3 is 15.8 Å². The SMILES string of the molecule is COC(=O)c1ccc(NC(=O)c2cccc(-c3cc(C(=O)Cc4ccncc4F)ccc3CN)c2)cc1F. The molecule has 4 rings (SSSR count). The first-order chi connectivity index (χ1) is 18.3. The minimum absolute atomic E-state index is 0.135. The topological polar surface area (TPSA) is 111 Å². The van der Waals surface area contributed by atoms with Crippen LogP contribution in [-0.2, 0) is 17.7 Å². The molecule has 0 atom stereocenters. The number of anilines is 1. The second kappa shape index (κ2) is 11.5. The van der Waals surface area contributed by atoms with E-state index in [0.29, 0.717) is 16.7 Å². The zero-order valence-electron chi connectivity index (χ0n) is 20.3. The normalized spacial score (nSPS) is 10.6. The average Bonchev–Trinajstić information content (AvgIpc) is 2.93. The molecule has 1 heterocycles. The van der Waals surface area contributed by atoms with Crippen LogP contribution in [-0.4, -0.2) is 29.8 Å². The van der Waals surface area contributed by atoms with E-state index in [-0.39, 0.29) is 41.1 Å². The summed E-state index contributed by atoms with van der Waals surface area (Å²) in [5.74, 6) is -3.00. The van der Waals surface area contributed by atoms with Gasteiger partial charge in [0.15, 0.2) is 5.78 Å². The average molecular weight is 516 g/mol. The minimum Gasteiger partial charge on any atom is -0.465 e. The van der Waals surface area contributed by atoms with Crippen LogP contribution >= 0.6 is 0 Å². The van der Waals surface area contributed by atoms with Crippen molar-refractivity contribution >= 4 is 23.3 Å². The number of benzene rings is 3. The molecule has 3 aromatic carbocycles. The summed E-state index contributed by atoms with van der Waals surface area (Å²) in [5, 5.41) is 2.60. The van der Waals surface area contributed by atoms with E-state index in [1.165, 1.54) is 24.4 Å². The van der Waals surface area contributed by atoms with Crippen molar-refractivity contribution in [3.05, 3.63) is 119 Å². The van der Waals surface area contributed by atoms with E-state index in [4.69, 9.17) is 5.73 Å². The number of nitrogens with zero attached hydrogens (tertiary/aromatic N) is 1. The number of rotatable bonds is 8. The van der Waals surface area contributed by atoms with Crippen LogP contribution in [0.3, 0.4) is 0 Å². The van der Waals surface area contributed by atoms with Crippen molar-refractivity contribution in [2.45, 2.75) is 13.0 Å². The zero-order chi connectivity index (χ0) is 27.2. The molecule has 0 saturated carbocycles. The molecule has 0 spiro atoms. The molecule has 7 nitrogen and oxygen atoms in total. The monoisotopic (exact) mass is 515 g/mol. The summed E-state index contributed by atoms with van der Waals surface area (Å²) in [6.07, 6.45) is 2.35. The summed E-state index contributed by atoms with van der Waals surface area (Å²) < 4.78 is 32.8. The number of pyridine rings is 1. The summed E-state index contributed by atoms with van der Waals surface area (Å²) in [4.78, 5) is 41.1. The van der Waals surface area contributed by atoms with Crippen LogP contribution in [0, 0.1) is 11.6 Å². The van der Waals surface area contributed by atoms with Gasteiger partial charge >= 0.3 is 5.97 Å². The number of methoxy groups -OCH3 is 1. The molecule has 1 aromatic heterocycles. The lowest BCUT2D eigenvalue weighted by molar-refractivity contribution is 0.0595. The molecular weight excluding hydrogens is 492 g/mol. The van der Waals surface area contributed by atoms with E-state index in [2.05, 4.69) is 15.0 Å². The van der Waals surface area contributed by atoms with Crippen molar-refractivity contribution in [2.75, 3.05) is 12.4 Å². The fraction of sp³-hybridized carbons (Fsp3) is 0.103. The number of hydrogen-bond acceptors (Lipinski definition) is 6. The molecule has 9 heteroatoms. The van der Waals surface area contributed by atoms with Crippen LogP contribution in [0.2, 0.25) is 0 Å². The predicted octanol–water partition coefficient (Wildman–Crippen LogP) is 4.95. The predicted molar refractivity (Wildman–Crippen MR) is 138 cm³/mol. The first-order valence-corrected chi connectivity index (χ1v) is 11.5. The number of nitrogens with one attached hydrogen (secondary N) is 1. The Balaban J connectivity index is 1.59. The van der Waals surface area contributed by atoms with Crippen molar-refractivity contribution in [3.8, 4) is 11.1 Å². The van der Waals surface area contributed by atoms with Gasteiger partial charge in [-0.15, -0.1) is 0 Å². The van der Waals surface area contributed by atoms with Gasteiger partial charge in [-0.3, -0.25) is 14.6 Å². The number of halogens is 2. The van der Waals surface area contributed by atoms with E-state index in [1.54, 1.807) is 42.5 Å². The van der Waals surface area contributed by atoms with Gasteiger partial charge in [0.05, 0.1) is 18.9 Å². The van der Waals surface area contributed by atoms with Crippen LogP contribution in [0.15, 0.2) is 79.1 Å². The quantitative estimate of drug-likeness (QED) is 0.254. The van der Waals surface area contributed by atoms with E-state index >= 15 is 0 Å². The number of aromatic nitrogens is 1. The Morgan fingerprint density at radius 2 is 1.74 bits per heavy atom. The number of carbonyl (C=O) groups is 3. The molecule has 0 aliphatic heterocycles. The first-order valence-electron chi connectivity index (χ1n) is 11.5. The lowest BCUT2D eigenvalue weighted by Gasteiger charge is -2.13. The number of Topliss-reactive ketones (excluding diaryl/α,β-unsaturated/α-hetero) is 1. The van der Waals surface area contributed by atoms with Crippen molar-refractivity contribution in [1.29, 1.82) is 0 Å². The van der Waals surface area contributed by atoms with Crippen LogP contribution in [0.4, 0.5) is 14.5 Å². The Bertz CT molecular complexity index is 1540. The molecular formula is C29H23F2N3O4. The van der Waals surface area contributed by atoms with Crippen molar-refractivity contribution in [1.82, 2.24) is 4.98 Å². The molecule has 0 radical (unpaired) electrons. The van der Waals surface area contributed by atoms with Gasteiger partial charge in [0, 0.05) is 36.0 Å². The lowest BCUT2D eigenvalue weighted by Crippen LogP contribution is -2.13. The number of esters is 1. The second-order valence-corrected chi connectivity index (χ2v) is 8.36. The highest BCUT2D eigenvalue weighted by Crippen LogP contribution is 2.27. The number of amides is 1. The van der Waals surface area contributed by atoms with Crippen LogP contribution in [0.1, 0.15) is 42.2 Å². The van der Waals surface area contributed by atoms with E-state index in [9.17, 15) is 23.2 Å². The molecule has 38 heavy (non-hydrogen) atoms. The minimum atomic E-state index is -0.830. The van der Waals surface area contributed by atoms with E-state index < -0.39 is 23.5 Å². The van der Waals surface area contributed by atoms with Gasteiger partial charge in [-0.2, -0.15) is 0 Å². The Labute approximate surface area is 217 Å². The number of carbonyl (C=O) groups excluding carboxylic acids is 3. The standard InChI is InChI=1S/C29H23F2N3O4/c1-38-29(37)23-8-7-22(14-25(23)30)34-28(36)20-4-2-3-17(11-20)24-12-19(5-6-21(24)15-32)27(35)13-18-9-10-33-16-26(18)31/h2-12,14,16H,13,15,32H2,1H3,(H,34,36). The summed E-state index contributed by atoms with van der Waals surface area (Å²) in [5.41, 5.74) is 8.75. The molecule has 0 fully saturated rings. The Morgan fingerprint density at radius 3 is 2.45 bits per heavy atom. The fourth-order valence-electron chi connectivity index (χ4n) is 3.92. The first kappa shape index (κ1) is 26.3. The molecule has 3 N–H and O–H groups in total.